The zero-order valence-corrected chi connectivity index (χ0v) is 11.6. The molecular formula is C15H20N2O3. The highest BCUT2D eigenvalue weighted by atomic mass is 16.3. The summed E-state index contributed by atoms with van der Waals surface area (Å²) < 4.78 is 0. The summed E-state index contributed by atoms with van der Waals surface area (Å²) in [6.07, 6.45) is 2.34. The van der Waals surface area contributed by atoms with Crippen molar-refractivity contribution in [2.75, 3.05) is 19.6 Å². The molecule has 1 aromatic rings. The Kier molecular flexibility index (Phi) is 3.30. The average molecular weight is 276 g/mol. The van der Waals surface area contributed by atoms with Gasteiger partial charge in [-0.2, -0.15) is 0 Å². The maximum absolute atomic E-state index is 12.6. The molecule has 0 radical (unpaired) electrons. The number of nitrogens with zero attached hydrogens (tertiary/aromatic N) is 2. The predicted octanol–water partition coefficient (Wildman–Crippen LogP) is 1.41. The van der Waals surface area contributed by atoms with Crippen molar-refractivity contribution in [3.63, 3.8) is 0 Å². The van der Waals surface area contributed by atoms with Gasteiger partial charge in [0.2, 0.25) is 0 Å². The summed E-state index contributed by atoms with van der Waals surface area (Å²) in [4.78, 5) is 16.9. The molecule has 0 aliphatic carbocycles. The molecule has 3 rings (SSSR count). The molecule has 5 nitrogen and oxygen atoms in total. The Bertz CT molecular complexity index is 532. The Morgan fingerprint density at radius 2 is 2.10 bits per heavy atom. The summed E-state index contributed by atoms with van der Waals surface area (Å²) in [7, 11) is 0. The van der Waals surface area contributed by atoms with Crippen molar-refractivity contribution in [3.05, 3.63) is 23.8 Å². The minimum Gasteiger partial charge on any atom is -0.508 e. The van der Waals surface area contributed by atoms with Crippen LogP contribution in [0.2, 0.25) is 0 Å². The van der Waals surface area contributed by atoms with Crippen LogP contribution >= 0.6 is 0 Å². The smallest absolute Gasteiger partial charge is 0.257 e. The number of aromatic hydroxyl groups is 2. The lowest BCUT2D eigenvalue weighted by atomic mass is 10.1. The van der Waals surface area contributed by atoms with Gasteiger partial charge in [-0.3, -0.25) is 9.69 Å². The van der Waals surface area contributed by atoms with Crippen molar-refractivity contribution in [3.8, 4) is 11.5 Å². The highest BCUT2D eigenvalue weighted by Crippen LogP contribution is 2.29. The van der Waals surface area contributed by atoms with E-state index in [1.807, 2.05) is 11.8 Å². The summed E-state index contributed by atoms with van der Waals surface area (Å²) >= 11 is 0. The average Bonchev–Trinajstić information content (AvgIpc) is 2.84. The first-order valence-electron chi connectivity index (χ1n) is 7.13. The van der Waals surface area contributed by atoms with E-state index in [-0.39, 0.29) is 29.0 Å². The van der Waals surface area contributed by atoms with E-state index in [0.29, 0.717) is 6.04 Å². The third-order valence-corrected chi connectivity index (χ3v) is 4.41. The van der Waals surface area contributed by atoms with Gasteiger partial charge in [-0.25, -0.2) is 0 Å². The third-order valence-electron chi connectivity index (χ3n) is 4.41. The number of benzene rings is 1. The van der Waals surface area contributed by atoms with Crippen molar-refractivity contribution in [2.45, 2.75) is 31.8 Å². The number of fused-ring (bicyclic) bond motifs is 1. The number of carbonyl (C=O) groups excluding carboxylic acids is 1. The SMILES string of the molecule is CC1CN2CCCC2CN1C(=O)c1ccc(O)cc1O. The molecule has 0 bridgehead atoms. The molecule has 0 spiro atoms. The molecule has 2 atom stereocenters. The van der Waals surface area contributed by atoms with Gasteiger partial charge in [0.1, 0.15) is 11.5 Å². The van der Waals surface area contributed by atoms with E-state index in [4.69, 9.17) is 0 Å². The van der Waals surface area contributed by atoms with Gasteiger partial charge >= 0.3 is 0 Å². The van der Waals surface area contributed by atoms with E-state index >= 15 is 0 Å². The number of phenols is 2. The van der Waals surface area contributed by atoms with Crippen molar-refractivity contribution in [2.24, 2.45) is 0 Å². The fourth-order valence-electron chi connectivity index (χ4n) is 3.33. The Labute approximate surface area is 118 Å². The van der Waals surface area contributed by atoms with Crippen LogP contribution < -0.4 is 0 Å². The van der Waals surface area contributed by atoms with Gasteiger partial charge in [0.05, 0.1) is 5.56 Å². The van der Waals surface area contributed by atoms with Crippen molar-refractivity contribution >= 4 is 5.91 Å². The van der Waals surface area contributed by atoms with E-state index < -0.39 is 0 Å². The highest BCUT2D eigenvalue weighted by molar-refractivity contribution is 5.97. The van der Waals surface area contributed by atoms with Gasteiger partial charge in [0, 0.05) is 31.2 Å². The summed E-state index contributed by atoms with van der Waals surface area (Å²) in [5.74, 6) is -0.342. The lowest BCUT2D eigenvalue weighted by Gasteiger charge is -2.42. The number of rotatable bonds is 1. The molecule has 2 unspecified atom stereocenters. The molecule has 2 aliphatic heterocycles. The van der Waals surface area contributed by atoms with Crippen molar-refractivity contribution in [1.29, 1.82) is 0 Å². The second-order valence-electron chi connectivity index (χ2n) is 5.80. The zero-order valence-electron chi connectivity index (χ0n) is 11.6. The molecule has 108 valence electrons. The van der Waals surface area contributed by atoms with Crippen LogP contribution in [0, 0.1) is 0 Å². The van der Waals surface area contributed by atoms with E-state index in [9.17, 15) is 15.0 Å². The van der Waals surface area contributed by atoms with Crippen LogP contribution in [0.1, 0.15) is 30.1 Å². The maximum Gasteiger partial charge on any atom is 0.257 e. The monoisotopic (exact) mass is 276 g/mol. The molecule has 0 aromatic heterocycles. The standard InChI is InChI=1S/C15H20N2O3/c1-10-8-16-6-2-3-11(16)9-17(10)15(20)13-5-4-12(18)7-14(13)19/h4-5,7,10-11,18-19H,2-3,6,8-9H2,1H3. The number of amides is 1. The summed E-state index contributed by atoms with van der Waals surface area (Å²) in [6, 6.07) is 4.73. The normalized spacial score (nSPS) is 26.6. The highest BCUT2D eigenvalue weighted by Gasteiger charge is 2.37. The molecule has 2 N–H and O–H groups in total. The van der Waals surface area contributed by atoms with E-state index in [0.717, 1.165) is 26.1 Å². The molecular weight excluding hydrogens is 256 g/mol. The van der Waals surface area contributed by atoms with E-state index in [2.05, 4.69) is 4.90 Å². The van der Waals surface area contributed by atoms with Gasteiger partial charge in [0.15, 0.2) is 0 Å². The van der Waals surface area contributed by atoms with Gasteiger partial charge < -0.3 is 15.1 Å². The largest absolute Gasteiger partial charge is 0.508 e. The van der Waals surface area contributed by atoms with E-state index in [1.54, 1.807) is 0 Å². The second kappa shape index (κ2) is 4.98. The van der Waals surface area contributed by atoms with Gasteiger partial charge in [-0.15, -0.1) is 0 Å². The first-order chi connectivity index (χ1) is 9.56. The molecule has 0 saturated carbocycles. The molecule has 20 heavy (non-hydrogen) atoms. The molecule has 2 aliphatic rings. The van der Waals surface area contributed by atoms with Crippen molar-refractivity contribution in [1.82, 2.24) is 9.80 Å². The number of piperazine rings is 1. The topological polar surface area (TPSA) is 64.0 Å². The zero-order chi connectivity index (χ0) is 14.3. The Hall–Kier alpha value is -1.75. The van der Waals surface area contributed by atoms with Crippen LogP contribution in [0.15, 0.2) is 18.2 Å². The number of hydrogen-bond donors (Lipinski definition) is 2. The molecule has 5 heteroatoms. The predicted molar refractivity (Wildman–Crippen MR) is 74.9 cm³/mol. The molecule has 2 fully saturated rings. The molecule has 2 saturated heterocycles. The fraction of sp³-hybridized carbons (Fsp3) is 0.533. The number of carbonyl (C=O) groups is 1. The van der Waals surface area contributed by atoms with Gasteiger partial charge in [-0.05, 0) is 38.4 Å². The van der Waals surface area contributed by atoms with Crippen LogP contribution in [0.3, 0.4) is 0 Å². The van der Waals surface area contributed by atoms with Crippen LogP contribution in [-0.4, -0.2) is 57.6 Å². The van der Waals surface area contributed by atoms with Gasteiger partial charge in [-0.1, -0.05) is 0 Å². The van der Waals surface area contributed by atoms with Crippen LogP contribution in [-0.2, 0) is 0 Å². The quantitative estimate of drug-likeness (QED) is 0.814. The first kappa shape index (κ1) is 13.2. The van der Waals surface area contributed by atoms with E-state index in [1.165, 1.54) is 24.6 Å². The Morgan fingerprint density at radius 3 is 2.85 bits per heavy atom. The summed E-state index contributed by atoms with van der Waals surface area (Å²) in [5.41, 5.74) is 0.265. The summed E-state index contributed by atoms with van der Waals surface area (Å²) in [5, 5.41) is 19.2. The second-order valence-corrected chi connectivity index (χ2v) is 5.80. The molecule has 1 aromatic carbocycles. The Balaban J connectivity index is 1.82. The third kappa shape index (κ3) is 2.22. The number of hydrogen-bond acceptors (Lipinski definition) is 4. The molecule has 1 amide bonds. The van der Waals surface area contributed by atoms with Crippen LogP contribution in [0.5, 0.6) is 11.5 Å². The van der Waals surface area contributed by atoms with Crippen LogP contribution in [0.25, 0.3) is 0 Å². The minimum atomic E-state index is -0.156. The fourth-order valence-corrected chi connectivity index (χ4v) is 3.33. The lowest BCUT2D eigenvalue weighted by molar-refractivity contribution is 0.0393. The maximum atomic E-state index is 12.6. The first-order valence-corrected chi connectivity index (χ1v) is 7.13. The summed E-state index contributed by atoms with van der Waals surface area (Å²) in [6.45, 7) is 4.79. The van der Waals surface area contributed by atoms with Crippen molar-refractivity contribution < 1.29 is 15.0 Å². The van der Waals surface area contributed by atoms with Gasteiger partial charge in [0.25, 0.3) is 5.91 Å². The minimum absolute atomic E-state index is 0.0345. The number of phenolic OH excluding ortho intramolecular Hbond substituents is 2. The Morgan fingerprint density at radius 1 is 1.30 bits per heavy atom. The lowest BCUT2D eigenvalue weighted by Crippen LogP contribution is -2.56. The van der Waals surface area contributed by atoms with Crippen LogP contribution in [0.4, 0.5) is 0 Å². The molecule has 2 heterocycles.